The highest BCUT2D eigenvalue weighted by atomic mass is 16.6. The molecule has 8 heteroatoms. The molecule has 0 aliphatic carbocycles. The molecule has 0 bridgehead atoms. The third kappa shape index (κ3) is 7.32. The van der Waals surface area contributed by atoms with Gasteiger partial charge in [-0.3, -0.25) is 24.2 Å². The lowest BCUT2D eigenvalue weighted by Gasteiger charge is -2.43. The van der Waals surface area contributed by atoms with Gasteiger partial charge in [0, 0.05) is 39.0 Å². The van der Waals surface area contributed by atoms with Crippen molar-refractivity contribution in [1.29, 1.82) is 0 Å². The van der Waals surface area contributed by atoms with Crippen molar-refractivity contribution >= 4 is 17.7 Å². The molecular weight excluding hydrogens is 388 g/mol. The van der Waals surface area contributed by atoms with Crippen molar-refractivity contribution in [2.24, 2.45) is 0 Å². The highest BCUT2D eigenvalue weighted by Crippen LogP contribution is 2.25. The number of piperidine rings is 2. The van der Waals surface area contributed by atoms with Gasteiger partial charge in [0.25, 0.3) is 0 Å². The van der Waals surface area contributed by atoms with Crippen LogP contribution in [0.25, 0.3) is 0 Å². The maximum absolute atomic E-state index is 13.3. The summed E-state index contributed by atoms with van der Waals surface area (Å²) in [5, 5.41) is 9.93. The molecule has 2 fully saturated rings. The maximum atomic E-state index is 13.3. The van der Waals surface area contributed by atoms with Crippen LogP contribution in [0.3, 0.4) is 0 Å². The van der Waals surface area contributed by atoms with Crippen LogP contribution in [0.15, 0.2) is 0 Å². The van der Waals surface area contributed by atoms with Gasteiger partial charge in [-0.2, -0.15) is 0 Å². The average molecular weight is 427 g/mol. The minimum absolute atomic E-state index is 0.157. The van der Waals surface area contributed by atoms with Crippen LogP contribution >= 0.6 is 0 Å². The van der Waals surface area contributed by atoms with E-state index in [1.807, 2.05) is 9.80 Å². The van der Waals surface area contributed by atoms with Gasteiger partial charge in [0.05, 0.1) is 6.10 Å². The number of hydrogen-bond acceptors (Lipinski definition) is 8. The summed E-state index contributed by atoms with van der Waals surface area (Å²) in [5.74, 6) is -0.811. The van der Waals surface area contributed by atoms with Crippen LogP contribution in [0, 0.1) is 0 Å². The van der Waals surface area contributed by atoms with E-state index >= 15 is 0 Å². The summed E-state index contributed by atoms with van der Waals surface area (Å²) < 4.78 is 11.4. The molecule has 1 N–H and O–H groups in total. The highest BCUT2D eigenvalue weighted by Gasteiger charge is 2.47. The summed E-state index contributed by atoms with van der Waals surface area (Å²) in [5.41, 5.74) is -1.42. The summed E-state index contributed by atoms with van der Waals surface area (Å²) in [6.07, 6.45) is 1.34. The molecule has 2 heterocycles. The van der Waals surface area contributed by atoms with Crippen molar-refractivity contribution in [3.63, 3.8) is 0 Å². The molecule has 2 rings (SSSR count). The van der Waals surface area contributed by atoms with Crippen molar-refractivity contribution in [3.8, 4) is 0 Å². The zero-order valence-corrected chi connectivity index (χ0v) is 19.3. The Morgan fingerprint density at radius 1 is 0.833 bits per heavy atom. The first-order valence-corrected chi connectivity index (χ1v) is 10.9. The molecule has 0 radical (unpaired) electrons. The molecule has 8 nitrogen and oxygen atoms in total. The van der Waals surface area contributed by atoms with Crippen molar-refractivity contribution < 1.29 is 29.0 Å². The quantitative estimate of drug-likeness (QED) is 0.661. The zero-order valence-electron chi connectivity index (χ0n) is 19.3. The smallest absolute Gasteiger partial charge is 0.326 e. The van der Waals surface area contributed by atoms with Gasteiger partial charge in [0.1, 0.15) is 29.1 Å². The van der Waals surface area contributed by atoms with Gasteiger partial charge in [0.2, 0.25) is 0 Å². The summed E-state index contributed by atoms with van der Waals surface area (Å²) in [6, 6.07) is -1.73. The predicted molar refractivity (Wildman–Crippen MR) is 112 cm³/mol. The number of ketones is 1. The van der Waals surface area contributed by atoms with E-state index in [2.05, 4.69) is 0 Å². The number of likely N-dealkylation sites (tertiary alicyclic amines) is 2. The number of aliphatic hydroxyl groups excluding tert-OH is 1. The molecule has 0 aromatic rings. The third-order valence-electron chi connectivity index (χ3n) is 5.24. The van der Waals surface area contributed by atoms with Gasteiger partial charge >= 0.3 is 11.9 Å². The molecule has 0 aromatic carbocycles. The topological polar surface area (TPSA) is 96.4 Å². The number of esters is 2. The van der Waals surface area contributed by atoms with E-state index in [1.165, 1.54) is 0 Å². The summed E-state index contributed by atoms with van der Waals surface area (Å²) in [6.45, 7) is 12.5. The van der Waals surface area contributed by atoms with E-state index in [-0.39, 0.29) is 5.78 Å². The van der Waals surface area contributed by atoms with E-state index in [4.69, 9.17) is 9.47 Å². The van der Waals surface area contributed by atoms with Crippen molar-refractivity contribution in [1.82, 2.24) is 9.80 Å². The van der Waals surface area contributed by atoms with Crippen molar-refractivity contribution in [2.45, 2.75) is 96.6 Å². The van der Waals surface area contributed by atoms with E-state index in [9.17, 15) is 19.5 Å². The molecule has 0 aromatic heterocycles. The fraction of sp³-hybridized carbons (Fsp3) is 0.864. The van der Waals surface area contributed by atoms with Gasteiger partial charge in [-0.05, 0) is 54.4 Å². The van der Waals surface area contributed by atoms with Crippen LogP contribution in [-0.2, 0) is 23.9 Å². The Kier molecular flexibility index (Phi) is 8.04. The van der Waals surface area contributed by atoms with Crippen molar-refractivity contribution in [3.05, 3.63) is 0 Å². The Morgan fingerprint density at radius 2 is 1.20 bits per heavy atom. The maximum Gasteiger partial charge on any atom is 0.326 e. The normalized spacial score (nSPS) is 22.4. The van der Waals surface area contributed by atoms with Crippen LogP contribution in [0.4, 0.5) is 0 Å². The number of aliphatic hydroxyl groups is 1. The standard InChI is InChI=1S/C22H38N2O6/c1-21(2,3)29-19(27)17(23-11-7-15(25)8-12-23)18(20(28)30-22(4,5)6)24-13-9-16(26)10-14-24/h15,17-18,25H,7-14H2,1-6H3. The number of nitrogens with zero attached hydrogens (tertiary/aromatic N) is 2. The van der Waals surface area contributed by atoms with Gasteiger partial charge < -0.3 is 14.6 Å². The predicted octanol–water partition coefficient (Wildman–Crippen LogP) is 1.53. The molecule has 2 saturated heterocycles. The molecule has 2 atom stereocenters. The molecule has 0 amide bonds. The number of ether oxygens (including phenoxy) is 2. The second-order valence-electron chi connectivity index (χ2n) is 10.3. The summed E-state index contributed by atoms with van der Waals surface area (Å²) in [7, 11) is 0. The average Bonchev–Trinajstić information content (AvgIpc) is 2.58. The van der Waals surface area contributed by atoms with Crippen molar-refractivity contribution in [2.75, 3.05) is 26.2 Å². The molecule has 2 unspecified atom stereocenters. The Labute approximate surface area is 179 Å². The molecule has 2 aliphatic heterocycles. The van der Waals surface area contributed by atoms with Crippen LogP contribution in [0.2, 0.25) is 0 Å². The van der Waals surface area contributed by atoms with Crippen LogP contribution in [0.1, 0.15) is 67.2 Å². The molecule has 172 valence electrons. The minimum Gasteiger partial charge on any atom is -0.459 e. The van der Waals surface area contributed by atoms with Crippen LogP contribution in [0.5, 0.6) is 0 Å². The molecule has 2 aliphatic rings. The summed E-state index contributed by atoms with van der Waals surface area (Å²) in [4.78, 5) is 42.2. The fourth-order valence-corrected chi connectivity index (χ4v) is 3.90. The highest BCUT2D eigenvalue weighted by molar-refractivity contribution is 5.88. The van der Waals surface area contributed by atoms with E-state index in [0.29, 0.717) is 51.9 Å². The fourth-order valence-electron chi connectivity index (χ4n) is 3.90. The molecule has 0 spiro atoms. The van der Waals surface area contributed by atoms with E-state index < -0.39 is 41.3 Å². The zero-order chi connectivity index (χ0) is 22.7. The van der Waals surface area contributed by atoms with E-state index in [1.54, 1.807) is 41.5 Å². The minimum atomic E-state index is -0.873. The Balaban J connectivity index is 2.39. The first-order chi connectivity index (χ1) is 13.8. The molecule has 0 saturated carbocycles. The third-order valence-corrected chi connectivity index (χ3v) is 5.24. The number of hydrogen-bond donors (Lipinski definition) is 1. The number of carbonyl (C=O) groups is 3. The monoisotopic (exact) mass is 426 g/mol. The Hall–Kier alpha value is -1.51. The lowest BCUT2D eigenvalue weighted by atomic mass is 9.97. The Morgan fingerprint density at radius 3 is 1.57 bits per heavy atom. The number of carbonyl (C=O) groups excluding carboxylic acids is 3. The van der Waals surface area contributed by atoms with Gasteiger partial charge in [-0.1, -0.05) is 0 Å². The van der Waals surface area contributed by atoms with E-state index in [0.717, 1.165) is 0 Å². The largest absolute Gasteiger partial charge is 0.459 e. The van der Waals surface area contributed by atoms with Gasteiger partial charge in [-0.25, -0.2) is 0 Å². The number of rotatable bonds is 5. The second-order valence-corrected chi connectivity index (χ2v) is 10.3. The first-order valence-electron chi connectivity index (χ1n) is 10.9. The lowest BCUT2D eigenvalue weighted by molar-refractivity contribution is -0.178. The Bertz CT molecular complexity index is 619. The SMILES string of the molecule is CC(C)(C)OC(=O)C(C(C(=O)OC(C)(C)C)N1CCC(O)CC1)N1CCC(=O)CC1. The lowest BCUT2D eigenvalue weighted by Crippen LogP contribution is -2.63. The van der Waals surface area contributed by atoms with Crippen LogP contribution < -0.4 is 0 Å². The van der Waals surface area contributed by atoms with Gasteiger partial charge in [0.15, 0.2) is 0 Å². The molecule has 30 heavy (non-hydrogen) atoms. The van der Waals surface area contributed by atoms with Gasteiger partial charge in [-0.15, -0.1) is 0 Å². The summed E-state index contributed by atoms with van der Waals surface area (Å²) >= 11 is 0. The first kappa shape index (κ1) is 24.8. The number of Topliss-reactive ketones (excluding diaryl/α,β-unsaturated/α-hetero) is 1. The second kappa shape index (κ2) is 9.75. The van der Waals surface area contributed by atoms with Crippen LogP contribution in [-0.4, -0.2) is 88.2 Å². The molecular formula is C22H38N2O6.